The molecule has 1 N–H and O–H groups in total. The third-order valence-corrected chi connectivity index (χ3v) is 3.60. The molecule has 0 fully saturated rings. The molecule has 0 amide bonds. The Kier molecular flexibility index (Phi) is 14.7. The molecule has 1 heterocycles. The third kappa shape index (κ3) is 6.60. The first kappa shape index (κ1) is 27.2. The Bertz CT molecular complexity index is 715. The van der Waals surface area contributed by atoms with Crippen LogP contribution in [0.25, 0.3) is 11.1 Å². The van der Waals surface area contributed by atoms with Crippen LogP contribution in [0.2, 0.25) is 0 Å². The summed E-state index contributed by atoms with van der Waals surface area (Å²) < 4.78 is 6.69. The van der Waals surface area contributed by atoms with Crippen molar-refractivity contribution in [1.29, 1.82) is 0 Å². The zero-order chi connectivity index (χ0) is 18.1. The molecule has 2 rings (SSSR count). The molecule has 1 aromatic heterocycles. The second-order valence-corrected chi connectivity index (χ2v) is 5.06. The number of aryl methyl sites for hydroxylation is 2. The van der Waals surface area contributed by atoms with Crippen molar-refractivity contribution in [3.05, 3.63) is 53.3 Å². The van der Waals surface area contributed by atoms with Gasteiger partial charge in [-0.15, -0.1) is 0 Å². The number of benzene rings is 1. The maximum atomic E-state index is 12.7. The van der Waals surface area contributed by atoms with E-state index in [0.717, 1.165) is 11.1 Å². The number of hydrogen-bond acceptors (Lipinski definition) is 4. The standard InChI is InChI=1S/C17H22N2O3.C2H6.CH3.Y/c1-4-14-16(20)15(13-9-7-6-8-12(13)3)17(21)19(18-14)10-11-22-5-2;1-2;;/h6-9,20H,4-5,10-11H2,1-3H3;1-2H3;1H3;/q;;-1;. The summed E-state index contributed by atoms with van der Waals surface area (Å²) >= 11 is 0. The summed E-state index contributed by atoms with van der Waals surface area (Å²) in [6.45, 7) is 11.1. The van der Waals surface area contributed by atoms with Crippen LogP contribution in [0, 0.1) is 14.4 Å². The van der Waals surface area contributed by atoms with E-state index in [0.29, 0.717) is 37.4 Å². The van der Waals surface area contributed by atoms with Gasteiger partial charge in [0.05, 0.1) is 18.7 Å². The monoisotopic (exact) mass is 436 g/mol. The van der Waals surface area contributed by atoms with E-state index in [1.807, 2.05) is 58.9 Å². The molecule has 0 saturated carbocycles. The Morgan fingerprint density at radius 3 is 2.35 bits per heavy atom. The van der Waals surface area contributed by atoms with E-state index >= 15 is 0 Å². The SMILES string of the molecule is CC.CCOCCn1nc(CC)c(O)c(-c2ccccc2C)c1=O.[CH3-].[Y]. The number of rotatable bonds is 6. The van der Waals surface area contributed by atoms with Gasteiger partial charge in [-0.05, 0) is 31.4 Å². The minimum Gasteiger partial charge on any atom is -0.505 e. The molecular formula is C20H31N2O3Y-. The molecule has 6 heteroatoms. The van der Waals surface area contributed by atoms with Crippen molar-refractivity contribution < 1.29 is 42.6 Å². The molecule has 2 aromatic rings. The van der Waals surface area contributed by atoms with Crippen LogP contribution in [0.1, 0.15) is 39.0 Å². The normalized spacial score (nSPS) is 9.42. The van der Waals surface area contributed by atoms with Crippen molar-refractivity contribution in [2.45, 2.75) is 47.6 Å². The van der Waals surface area contributed by atoms with E-state index in [1.54, 1.807) is 0 Å². The summed E-state index contributed by atoms with van der Waals surface area (Å²) in [5.74, 6) is -0.0190. The molecule has 0 spiro atoms. The molecule has 1 aromatic carbocycles. The van der Waals surface area contributed by atoms with Gasteiger partial charge in [-0.2, -0.15) is 5.10 Å². The number of aromatic hydroxyl groups is 1. The van der Waals surface area contributed by atoms with E-state index in [9.17, 15) is 9.90 Å². The van der Waals surface area contributed by atoms with Gasteiger partial charge in [-0.25, -0.2) is 4.68 Å². The van der Waals surface area contributed by atoms with E-state index in [2.05, 4.69) is 5.10 Å². The topological polar surface area (TPSA) is 64.3 Å². The molecule has 5 nitrogen and oxygen atoms in total. The molecule has 0 saturated heterocycles. The third-order valence-electron chi connectivity index (χ3n) is 3.60. The average Bonchev–Trinajstić information content (AvgIpc) is 2.60. The van der Waals surface area contributed by atoms with Crippen molar-refractivity contribution in [3.8, 4) is 16.9 Å². The Hall–Kier alpha value is -1.04. The van der Waals surface area contributed by atoms with Gasteiger partial charge in [0.2, 0.25) is 0 Å². The largest absolute Gasteiger partial charge is 0.505 e. The van der Waals surface area contributed by atoms with E-state index in [-0.39, 0.29) is 51.4 Å². The van der Waals surface area contributed by atoms with Crippen LogP contribution in [0.15, 0.2) is 29.1 Å². The van der Waals surface area contributed by atoms with Crippen molar-refractivity contribution in [2.75, 3.05) is 13.2 Å². The molecule has 0 unspecified atom stereocenters. The van der Waals surface area contributed by atoms with E-state index in [1.165, 1.54) is 4.68 Å². The summed E-state index contributed by atoms with van der Waals surface area (Å²) in [6, 6.07) is 7.53. The Balaban J connectivity index is 0. The molecule has 1 radical (unpaired) electrons. The van der Waals surface area contributed by atoms with Crippen molar-refractivity contribution in [3.63, 3.8) is 0 Å². The van der Waals surface area contributed by atoms with Gasteiger partial charge in [-0.3, -0.25) is 4.79 Å². The number of hydrogen-bond donors (Lipinski definition) is 1. The van der Waals surface area contributed by atoms with E-state index in [4.69, 9.17) is 4.74 Å². The molecular weight excluding hydrogens is 405 g/mol. The predicted molar refractivity (Wildman–Crippen MR) is 104 cm³/mol. The minimum atomic E-state index is -0.288. The van der Waals surface area contributed by atoms with Gasteiger partial charge >= 0.3 is 0 Å². The Morgan fingerprint density at radius 2 is 1.81 bits per heavy atom. The summed E-state index contributed by atoms with van der Waals surface area (Å²) in [6.07, 6.45) is 0.555. The minimum absolute atomic E-state index is 0. The van der Waals surface area contributed by atoms with Crippen molar-refractivity contribution in [1.82, 2.24) is 9.78 Å². The smallest absolute Gasteiger partial charge is 0.278 e. The first-order valence-corrected chi connectivity index (χ1v) is 8.56. The Labute approximate surface area is 182 Å². The fraction of sp³-hybridized carbons (Fsp3) is 0.450. The van der Waals surface area contributed by atoms with Gasteiger partial charge in [-0.1, -0.05) is 45.0 Å². The maximum Gasteiger partial charge on any atom is 0.278 e. The predicted octanol–water partition coefficient (Wildman–Crippen LogP) is 4.00. The van der Waals surface area contributed by atoms with Crippen LogP contribution in [-0.2, 0) is 50.4 Å². The van der Waals surface area contributed by atoms with Crippen LogP contribution >= 0.6 is 0 Å². The first-order valence-electron chi connectivity index (χ1n) is 8.56. The van der Waals surface area contributed by atoms with Crippen LogP contribution in [0.3, 0.4) is 0 Å². The zero-order valence-electron chi connectivity index (χ0n) is 16.9. The number of ether oxygens (including phenoxy) is 1. The summed E-state index contributed by atoms with van der Waals surface area (Å²) in [5, 5.41) is 14.7. The van der Waals surface area contributed by atoms with Crippen molar-refractivity contribution in [2.24, 2.45) is 0 Å². The van der Waals surface area contributed by atoms with E-state index < -0.39 is 0 Å². The quantitative estimate of drug-likeness (QED) is 0.549. The second-order valence-electron chi connectivity index (χ2n) is 5.06. The molecule has 143 valence electrons. The number of nitrogens with zero attached hydrogens (tertiary/aromatic N) is 2. The molecule has 0 atom stereocenters. The first-order chi connectivity index (χ1) is 11.6. The zero-order valence-corrected chi connectivity index (χ0v) is 19.7. The maximum absolute atomic E-state index is 12.7. The molecule has 0 bridgehead atoms. The van der Waals surface area contributed by atoms with Gasteiger partial charge in [0.1, 0.15) is 5.69 Å². The summed E-state index contributed by atoms with van der Waals surface area (Å²) in [5.41, 5.74) is 2.24. The van der Waals surface area contributed by atoms with Crippen LogP contribution in [0.4, 0.5) is 0 Å². The van der Waals surface area contributed by atoms with Crippen LogP contribution in [0.5, 0.6) is 5.75 Å². The van der Waals surface area contributed by atoms with Crippen molar-refractivity contribution >= 4 is 0 Å². The fourth-order valence-corrected chi connectivity index (χ4v) is 2.39. The van der Waals surface area contributed by atoms with Gasteiger partial charge in [0.15, 0.2) is 5.75 Å². The van der Waals surface area contributed by atoms with Gasteiger partial charge in [0, 0.05) is 39.3 Å². The van der Waals surface area contributed by atoms with Crippen LogP contribution < -0.4 is 5.56 Å². The molecule has 0 aliphatic heterocycles. The molecule has 0 aliphatic rings. The average molecular weight is 436 g/mol. The Morgan fingerprint density at radius 1 is 1.19 bits per heavy atom. The molecule has 26 heavy (non-hydrogen) atoms. The van der Waals surface area contributed by atoms with Gasteiger partial charge in [0.25, 0.3) is 5.56 Å². The van der Waals surface area contributed by atoms with Crippen LogP contribution in [-0.4, -0.2) is 28.1 Å². The fourth-order valence-electron chi connectivity index (χ4n) is 2.39. The second kappa shape index (κ2) is 14.1. The van der Waals surface area contributed by atoms with Gasteiger partial charge < -0.3 is 17.3 Å². The molecule has 0 aliphatic carbocycles. The summed E-state index contributed by atoms with van der Waals surface area (Å²) in [7, 11) is 0. The summed E-state index contributed by atoms with van der Waals surface area (Å²) in [4.78, 5) is 12.7. The number of aromatic nitrogens is 2.